The molecule has 0 aliphatic heterocycles. The van der Waals surface area contributed by atoms with Crippen LogP contribution < -0.4 is 5.56 Å². The molecule has 30 heavy (non-hydrogen) atoms. The molecule has 9 heteroatoms. The maximum atomic E-state index is 14.1. The molecule has 3 nitrogen and oxygen atoms in total. The van der Waals surface area contributed by atoms with Gasteiger partial charge in [0, 0.05) is 11.6 Å². The molecule has 2 aromatic carbocycles. The molecule has 0 saturated heterocycles. The van der Waals surface area contributed by atoms with Gasteiger partial charge in [0.05, 0.1) is 17.8 Å². The molecule has 0 atom stereocenters. The van der Waals surface area contributed by atoms with E-state index in [-0.39, 0.29) is 17.3 Å². The Labute approximate surface area is 166 Å². The summed E-state index contributed by atoms with van der Waals surface area (Å²) in [5, 5.41) is 9.15. The highest BCUT2D eigenvalue weighted by molar-refractivity contribution is 5.63. The van der Waals surface area contributed by atoms with E-state index in [1.54, 1.807) is 19.1 Å². The Bertz CT molecular complexity index is 1240. The summed E-state index contributed by atoms with van der Waals surface area (Å²) in [6.07, 6.45) is -4.99. The van der Waals surface area contributed by atoms with Crippen LogP contribution >= 0.6 is 0 Å². The minimum atomic E-state index is -4.99. The van der Waals surface area contributed by atoms with E-state index in [0.29, 0.717) is 17.7 Å². The van der Waals surface area contributed by atoms with Crippen molar-refractivity contribution in [1.29, 1.82) is 5.26 Å². The first-order chi connectivity index (χ1) is 14.0. The monoisotopic (exact) mass is 422 g/mol. The fourth-order valence-corrected chi connectivity index (χ4v) is 3.03. The third kappa shape index (κ3) is 3.94. The van der Waals surface area contributed by atoms with E-state index in [2.05, 4.69) is 0 Å². The van der Waals surface area contributed by atoms with Crippen LogP contribution in [-0.2, 0) is 12.7 Å². The molecule has 0 fully saturated rings. The third-order valence-electron chi connectivity index (χ3n) is 4.45. The maximum absolute atomic E-state index is 14.1. The Morgan fingerprint density at radius 1 is 1.00 bits per heavy atom. The highest BCUT2D eigenvalue weighted by Crippen LogP contribution is 2.34. The number of rotatable bonds is 3. The van der Waals surface area contributed by atoms with Crippen molar-refractivity contribution < 1.29 is 26.3 Å². The van der Waals surface area contributed by atoms with Crippen LogP contribution in [0.2, 0.25) is 0 Å². The zero-order valence-electron chi connectivity index (χ0n) is 15.3. The van der Waals surface area contributed by atoms with Gasteiger partial charge in [0.1, 0.15) is 17.4 Å². The number of nitriles is 1. The van der Waals surface area contributed by atoms with E-state index < -0.39 is 52.4 Å². The normalized spacial score (nSPS) is 11.4. The van der Waals surface area contributed by atoms with Gasteiger partial charge in [-0.15, -0.1) is 0 Å². The molecule has 1 aromatic heterocycles. The number of pyridine rings is 1. The Kier molecular flexibility index (Phi) is 5.44. The van der Waals surface area contributed by atoms with Gasteiger partial charge in [-0.25, -0.2) is 13.2 Å². The average molecular weight is 422 g/mol. The predicted octanol–water partition coefficient (Wildman–Crippen LogP) is 5.18. The second kappa shape index (κ2) is 7.71. The smallest absolute Gasteiger partial charge is 0.303 e. The second-order valence-electron chi connectivity index (χ2n) is 6.55. The third-order valence-corrected chi connectivity index (χ3v) is 4.45. The van der Waals surface area contributed by atoms with Crippen LogP contribution in [0.5, 0.6) is 0 Å². The first-order valence-electron chi connectivity index (χ1n) is 8.48. The van der Waals surface area contributed by atoms with E-state index in [4.69, 9.17) is 5.26 Å². The van der Waals surface area contributed by atoms with E-state index in [9.17, 15) is 31.1 Å². The quantitative estimate of drug-likeness (QED) is 0.431. The van der Waals surface area contributed by atoms with Crippen molar-refractivity contribution in [3.05, 3.63) is 92.5 Å². The molecule has 154 valence electrons. The Morgan fingerprint density at radius 2 is 1.67 bits per heavy atom. The summed E-state index contributed by atoms with van der Waals surface area (Å²) in [7, 11) is 0. The summed E-state index contributed by atoms with van der Waals surface area (Å²) in [5.41, 5.74) is -3.79. The lowest BCUT2D eigenvalue weighted by Gasteiger charge is -2.18. The lowest BCUT2D eigenvalue weighted by molar-refractivity contribution is -0.137. The molecular formula is C21H12F6N2O. The van der Waals surface area contributed by atoms with Crippen LogP contribution in [0.25, 0.3) is 11.3 Å². The summed E-state index contributed by atoms with van der Waals surface area (Å²) in [4.78, 5) is 12.8. The second-order valence-corrected chi connectivity index (χ2v) is 6.55. The highest BCUT2D eigenvalue weighted by Gasteiger charge is 2.36. The van der Waals surface area contributed by atoms with Crippen LogP contribution in [-0.4, -0.2) is 4.57 Å². The maximum Gasteiger partial charge on any atom is 0.417 e. The first-order valence-corrected chi connectivity index (χ1v) is 8.48. The highest BCUT2D eigenvalue weighted by atomic mass is 19.4. The van der Waals surface area contributed by atoms with Crippen molar-refractivity contribution >= 4 is 0 Å². The first kappa shape index (κ1) is 21.2. The average Bonchev–Trinajstić information content (AvgIpc) is 2.66. The van der Waals surface area contributed by atoms with Crippen molar-refractivity contribution in [2.75, 3.05) is 0 Å². The summed E-state index contributed by atoms with van der Waals surface area (Å²) < 4.78 is 82.0. The van der Waals surface area contributed by atoms with Gasteiger partial charge in [0.2, 0.25) is 0 Å². The zero-order valence-corrected chi connectivity index (χ0v) is 15.3. The van der Waals surface area contributed by atoms with Crippen LogP contribution in [0.4, 0.5) is 26.3 Å². The van der Waals surface area contributed by atoms with E-state index in [1.165, 1.54) is 18.2 Å². The van der Waals surface area contributed by atoms with Gasteiger partial charge in [-0.1, -0.05) is 23.8 Å². The summed E-state index contributed by atoms with van der Waals surface area (Å²) in [6.45, 7) is 0.966. The predicted molar refractivity (Wildman–Crippen MR) is 96.0 cm³/mol. The SMILES string of the molecule is Cc1cccc(-c2cc(C(F)(F)F)c(C#N)c(=O)n2Cc2cc(F)c(F)cc2F)c1. The fraction of sp³-hybridized carbons (Fsp3) is 0.143. The molecule has 1 heterocycles. The largest absolute Gasteiger partial charge is 0.417 e. The van der Waals surface area contributed by atoms with Crippen LogP contribution in [0, 0.1) is 35.7 Å². The van der Waals surface area contributed by atoms with Gasteiger partial charge in [0.15, 0.2) is 11.6 Å². The molecule has 0 N–H and O–H groups in total. The molecule has 0 aliphatic carbocycles. The molecule has 0 saturated carbocycles. The number of aromatic nitrogens is 1. The fourth-order valence-electron chi connectivity index (χ4n) is 3.03. The molecular weight excluding hydrogens is 410 g/mol. The number of hydrogen-bond donors (Lipinski definition) is 0. The Balaban J connectivity index is 2.35. The van der Waals surface area contributed by atoms with Crippen molar-refractivity contribution in [3.8, 4) is 17.3 Å². The molecule has 0 aliphatic rings. The summed E-state index contributed by atoms with van der Waals surface area (Å²) >= 11 is 0. The van der Waals surface area contributed by atoms with Crippen molar-refractivity contribution in [1.82, 2.24) is 4.57 Å². The Morgan fingerprint density at radius 3 is 2.27 bits per heavy atom. The van der Waals surface area contributed by atoms with Gasteiger partial charge in [0.25, 0.3) is 5.56 Å². The van der Waals surface area contributed by atoms with Gasteiger partial charge in [-0.2, -0.15) is 18.4 Å². The number of alkyl halides is 3. The summed E-state index contributed by atoms with van der Waals surface area (Å²) in [5.74, 6) is -4.02. The van der Waals surface area contributed by atoms with Gasteiger partial charge >= 0.3 is 6.18 Å². The van der Waals surface area contributed by atoms with Crippen molar-refractivity contribution in [2.24, 2.45) is 0 Å². The number of nitrogens with zero attached hydrogens (tertiary/aromatic N) is 2. The summed E-state index contributed by atoms with van der Waals surface area (Å²) in [6, 6.07) is 8.80. The standard InChI is InChI=1S/C21H12F6N2O/c1-11-3-2-4-12(5-11)19-7-15(21(25,26)27)14(9-28)20(30)29(19)10-13-6-17(23)18(24)8-16(13)22/h2-8H,10H2,1H3. The molecule has 0 amide bonds. The minimum absolute atomic E-state index is 0.199. The van der Waals surface area contributed by atoms with E-state index in [1.807, 2.05) is 0 Å². The molecule has 3 rings (SSSR count). The lowest BCUT2D eigenvalue weighted by atomic mass is 10.0. The van der Waals surface area contributed by atoms with Crippen molar-refractivity contribution in [3.63, 3.8) is 0 Å². The minimum Gasteiger partial charge on any atom is -0.303 e. The number of benzene rings is 2. The van der Waals surface area contributed by atoms with Crippen LogP contribution in [0.3, 0.4) is 0 Å². The molecule has 3 aromatic rings. The molecule has 0 bridgehead atoms. The number of aryl methyl sites for hydroxylation is 1. The number of halogens is 6. The van der Waals surface area contributed by atoms with Gasteiger partial charge < -0.3 is 4.57 Å². The van der Waals surface area contributed by atoms with Gasteiger partial charge in [-0.05, 0) is 30.7 Å². The van der Waals surface area contributed by atoms with Gasteiger partial charge in [-0.3, -0.25) is 4.79 Å². The zero-order chi connectivity index (χ0) is 22.2. The topological polar surface area (TPSA) is 45.8 Å². The molecule has 0 radical (unpaired) electrons. The van der Waals surface area contributed by atoms with Crippen LogP contribution in [0.15, 0.2) is 47.3 Å². The number of hydrogen-bond acceptors (Lipinski definition) is 2. The van der Waals surface area contributed by atoms with Crippen molar-refractivity contribution in [2.45, 2.75) is 19.6 Å². The lowest BCUT2D eigenvalue weighted by Crippen LogP contribution is -2.29. The molecule has 0 unspecified atom stereocenters. The van der Waals surface area contributed by atoms with E-state index >= 15 is 0 Å². The molecule has 0 spiro atoms. The Hall–Kier alpha value is -3.54. The van der Waals surface area contributed by atoms with E-state index in [0.717, 1.165) is 4.57 Å². The van der Waals surface area contributed by atoms with Crippen LogP contribution in [0.1, 0.15) is 22.3 Å².